The van der Waals surface area contributed by atoms with Crippen LogP contribution in [0.4, 0.5) is 5.69 Å². The zero-order valence-electron chi connectivity index (χ0n) is 15.0. The van der Waals surface area contributed by atoms with Crippen molar-refractivity contribution < 1.29 is 4.74 Å². The Hall–Kier alpha value is -2.38. The van der Waals surface area contributed by atoms with E-state index >= 15 is 0 Å². The molecule has 3 aromatic rings. The van der Waals surface area contributed by atoms with E-state index in [2.05, 4.69) is 26.9 Å². The molecule has 0 atom stereocenters. The minimum Gasteiger partial charge on any atom is -0.497 e. The van der Waals surface area contributed by atoms with Gasteiger partial charge in [-0.15, -0.1) is 11.3 Å². The highest BCUT2D eigenvalue weighted by atomic mass is 32.1. The highest BCUT2D eigenvalue weighted by Crippen LogP contribution is 2.22. The fourth-order valence-electron chi connectivity index (χ4n) is 3.38. The highest BCUT2D eigenvalue weighted by molar-refractivity contribution is 7.15. The average Bonchev–Trinajstić information content (AvgIpc) is 3.04. The first-order valence-electron chi connectivity index (χ1n) is 8.72. The summed E-state index contributed by atoms with van der Waals surface area (Å²) in [5.41, 5.74) is 3.00. The van der Waals surface area contributed by atoms with Crippen molar-refractivity contribution in [3.05, 3.63) is 57.5 Å². The van der Waals surface area contributed by atoms with E-state index in [0.717, 1.165) is 48.3 Å². The van der Waals surface area contributed by atoms with Gasteiger partial charge in [-0.1, -0.05) is 6.07 Å². The van der Waals surface area contributed by atoms with Gasteiger partial charge in [0, 0.05) is 61.6 Å². The highest BCUT2D eigenvalue weighted by Gasteiger charge is 2.19. The van der Waals surface area contributed by atoms with Gasteiger partial charge in [-0.3, -0.25) is 14.1 Å². The molecule has 26 heavy (non-hydrogen) atoms. The molecule has 4 rings (SSSR count). The number of hydrogen-bond donors (Lipinski definition) is 0. The van der Waals surface area contributed by atoms with Crippen LogP contribution in [-0.2, 0) is 6.54 Å². The number of aromatic nitrogens is 2. The Morgan fingerprint density at radius 1 is 1.19 bits per heavy atom. The number of benzene rings is 1. The number of aryl methyl sites for hydroxylation is 1. The number of fused-ring (bicyclic) bond motifs is 1. The van der Waals surface area contributed by atoms with E-state index in [0.29, 0.717) is 6.54 Å². The largest absolute Gasteiger partial charge is 0.497 e. The number of hydrogen-bond acceptors (Lipinski definition) is 6. The Bertz CT molecular complexity index is 973. The van der Waals surface area contributed by atoms with Crippen LogP contribution in [0.1, 0.15) is 11.4 Å². The topological polar surface area (TPSA) is 50.1 Å². The van der Waals surface area contributed by atoms with Crippen molar-refractivity contribution in [1.82, 2.24) is 14.3 Å². The Labute approximate surface area is 156 Å². The second-order valence-corrected chi connectivity index (χ2v) is 7.38. The van der Waals surface area contributed by atoms with Crippen LogP contribution in [0.25, 0.3) is 4.96 Å². The van der Waals surface area contributed by atoms with Crippen LogP contribution in [0, 0.1) is 6.92 Å². The van der Waals surface area contributed by atoms with Gasteiger partial charge in [0.25, 0.3) is 5.56 Å². The summed E-state index contributed by atoms with van der Waals surface area (Å²) in [6.45, 7) is 6.45. The molecule has 136 valence electrons. The maximum Gasteiger partial charge on any atom is 0.259 e. The molecule has 1 fully saturated rings. The number of thiazole rings is 1. The summed E-state index contributed by atoms with van der Waals surface area (Å²) in [5.74, 6) is 0.883. The van der Waals surface area contributed by atoms with Crippen LogP contribution in [0.3, 0.4) is 0 Å². The number of methoxy groups -OCH3 is 1. The van der Waals surface area contributed by atoms with E-state index in [9.17, 15) is 4.79 Å². The van der Waals surface area contributed by atoms with Gasteiger partial charge in [-0.25, -0.2) is 4.98 Å². The van der Waals surface area contributed by atoms with Gasteiger partial charge < -0.3 is 9.64 Å². The molecule has 0 saturated carbocycles. The van der Waals surface area contributed by atoms with E-state index in [1.165, 1.54) is 17.0 Å². The first kappa shape index (κ1) is 17.1. The molecular weight excluding hydrogens is 348 g/mol. The molecule has 6 nitrogen and oxygen atoms in total. The van der Waals surface area contributed by atoms with Gasteiger partial charge in [0.1, 0.15) is 5.75 Å². The van der Waals surface area contributed by atoms with Crippen LogP contribution in [0.15, 0.2) is 40.5 Å². The van der Waals surface area contributed by atoms with Crippen molar-refractivity contribution in [2.45, 2.75) is 13.5 Å². The standard InChI is InChI=1S/C19H22N4O2S/c1-14-13-26-19-20-15(10-18(24)23(14)19)12-21-6-8-22(9-7-21)16-4-3-5-17(11-16)25-2/h3-5,10-11,13H,6-9,12H2,1-2H3. The van der Waals surface area contributed by atoms with E-state index < -0.39 is 0 Å². The summed E-state index contributed by atoms with van der Waals surface area (Å²) in [6, 6.07) is 9.85. The second-order valence-electron chi connectivity index (χ2n) is 6.55. The summed E-state index contributed by atoms with van der Waals surface area (Å²) in [5, 5.41) is 1.97. The number of ether oxygens (including phenoxy) is 1. The molecule has 7 heteroatoms. The van der Waals surface area contributed by atoms with Crippen molar-refractivity contribution in [3.8, 4) is 5.75 Å². The van der Waals surface area contributed by atoms with E-state index in [1.807, 2.05) is 24.4 Å². The molecule has 2 aromatic heterocycles. The van der Waals surface area contributed by atoms with Crippen molar-refractivity contribution >= 4 is 22.0 Å². The average molecular weight is 370 g/mol. The molecule has 1 aromatic carbocycles. The lowest BCUT2D eigenvalue weighted by Gasteiger charge is -2.36. The van der Waals surface area contributed by atoms with Crippen LogP contribution in [0.2, 0.25) is 0 Å². The Balaban J connectivity index is 1.43. The van der Waals surface area contributed by atoms with Crippen LogP contribution < -0.4 is 15.2 Å². The molecule has 0 spiro atoms. The molecule has 0 bridgehead atoms. The zero-order valence-corrected chi connectivity index (χ0v) is 15.8. The first-order chi connectivity index (χ1) is 12.6. The third kappa shape index (κ3) is 3.32. The Morgan fingerprint density at radius 3 is 2.77 bits per heavy atom. The van der Waals surface area contributed by atoms with Crippen LogP contribution >= 0.6 is 11.3 Å². The minimum absolute atomic E-state index is 0.0127. The minimum atomic E-state index is 0.0127. The van der Waals surface area contributed by atoms with E-state index in [4.69, 9.17) is 4.74 Å². The van der Waals surface area contributed by atoms with Crippen molar-refractivity contribution in [2.24, 2.45) is 0 Å². The Kier molecular flexibility index (Phi) is 4.65. The fraction of sp³-hybridized carbons (Fsp3) is 0.368. The van der Waals surface area contributed by atoms with Crippen LogP contribution in [0.5, 0.6) is 5.75 Å². The third-order valence-electron chi connectivity index (χ3n) is 4.80. The second kappa shape index (κ2) is 7.09. The molecule has 1 saturated heterocycles. The van der Waals surface area contributed by atoms with Crippen molar-refractivity contribution in [1.29, 1.82) is 0 Å². The van der Waals surface area contributed by atoms with Crippen LogP contribution in [-0.4, -0.2) is 47.6 Å². The molecule has 1 aliphatic heterocycles. The van der Waals surface area contributed by atoms with Gasteiger partial charge in [-0.05, 0) is 19.1 Å². The van der Waals surface area contributed by atoms with Gasteiger partial charge in [0.2, 0.25) is 0 Å². The molecule has 0 N–H and O–H groups in total. The normalized spacial score (nSPS) is 15.5. The van der Waals surface area contributed by atoms with E-state index in [1.54, 1.807) is 17.6 Å². The Morgan fingerprint density at radius 2 is 2.00 bits per heavy atom. The van der Waals surface area contributed by atoms with E-state index in [-0.39, 0.29) is 5.56 Å². The number of rotatable bonds is 4. The first-order valence-corrected chi connectivity index (χ1v) is 9.60. The molecule has 0 aliphatic carbocycles. The predicted octanol–water partition coefficient (Wildman–Crippen LogP) is 2.40. The number of piperazine rings is 1. The summed E-state index contributed by atoms with van der Waals surface area (Å²) in [7, 11) is 1.69. The molecule has 0 unspecified atom stereocenters. The summed E-state index contributed by atoms with van der Waals surface area (Å²) < 4.78 is 6.99. The SMILES string of the molecule is COc1cccc(N2CCN(Cc3cc(=O)n4c(C)csc4n3)CC2)c1. The smallest absolute Gasteiger partial charge is 0.259 e. The summed E-state index contributed by atoms with van der Waals surface area (Å²) >= 11 is 1.52. The summed E-state index contributed by atoms with van der Waals surface area (Å²) in [6.07, 6.45) is 0. The molecule has 1 aliphatic rings. The monoisotopic (exact) mass is 370 g/mol. The molecule has 3 heterocycles. The molecular formula is C19H22N4O2S. The van der Waals surface area contributed by atoms with Crippen molar-refractivity contribution in [2.75, 3.05) is 38.2 Å². The third-order valence-corrected chi connectivity index (χ3v) is 5.75. The zero-order chi connectivity index (χ0) is 18.1. The lowest BCUT2D eigenvalue weighted by molar-refractivity contribution is 0.247. The van der Waals surface area contributed by atoms with Gasteiger partial charge >= 0.3 is 0 Å². The van der Waals surface area contributed by atoms with Gasteiger partial charge in [0.15, 0.2) is 4.96 Å². The number of nitrogens with zero attached hydrogens (tertiary/aromatic N) is 4. The lowest BCUT2D eigenvalue weighted by atomic mass is 10.2. The quantitative estimate of drug-likeness (QED) is 0.706. The number of anilines is 1. The summed E-state index contributed by atoms with van der Waals surface area (Å²) in [4.78, 5) is 22.5. The fourth-order valence-corrected chi connectivity index (χ4v) is 4.27. The van der Waals surface area contributed by atoms with Crippen molar-refractivity contribution in [3.63, 3.8) is 0 Å². The maximum atomic E-state index is 12.3. The maximum absolute atomic E-state index is 12.3. The molecule has 0 radical (unpaired) electrons. The van der Waals surface area contributed by atoms with Gasteiger partial charge in [0.05, 0.1) is 12.8 Å². The molecule has 0 amide bonds. The lowest BCUT2D eigenvalue weighted by Crippen LogP contribution is -2.46. The van der Waals surface area contributed by atoms with Gasteiger partial charge in [-0.2, -0.15) is 0 Å². The predicted molar refractivity (Wildman–Crippen MR) is 105 cm³/mol.